The first kappa shape index (κ1) is 15.8. The van der Waals surface area contributed by atoms with Gasteiger partial charge in [-0.3, -0.25) is 4.90 Å². The fourth-order valence-corrected chi connectivity index (χ4v) is 3.35. The van der Waals surface area contributed by atoms with Crippen molar-refractivity contribution in [3.63, 3.8) is 0 Å². The normalized spacial score (nSPS) is 19.9. The van der Waals surface area contributed by atoms with Crippen molar-refractivity contribution in [1.82, 2.24) is 25.2 Å². The number of nitrogens with zero attached hydrogens (tertiary/aromatic N) is 6. The summed E-state index contributed by atoms with van der Waals surface area (Å²) in [6.07, 6.45) is -2.21. The van der Waals surface area contributed by atoms with Crippen LogP contribution >= 0.6 is 11.3 Å². The summed E-state index contributed by atoms with van der Waals surface area (Å²) in [6.45, 7) is 3.19. The largest absolute Gasteiger partial charge is 0.445 e. The summed E-state index contributed by atoms with van der Waals surface area (Å²) in [5.41, 5.74) is 0. The van der Waals surface area contributed by atoms with E-state index < -0.39 is 11.2 Å². The van der Waals surface area contributed by atoms with Gasteiger partial charge in [-0.2, -0.15) is 18.2 Å². The van der Waals surface area contributed by atoms with E-state index in [9.17, 15) is 13.2 Å². The summed E-state index contributed by atoms with van der Waals surface area (Å²) in [4.78, 5) is 8.38. The number of alkyl halides is 3. The predicted molar refractivity (Wildman–Crippen MR) is 78.7 cm³/mol. The summed E-state index contributed by atoms with van der Waals surface area (Å²) in [7, 11) is 0. The van der Waals surface area contributed by atoms with Gasteiger partial charge in [0.25, 0.3) is 0 Å². The first-order chi connectivity index (χ1) is 11.5. The van der Waals surface area contributed by atoms with Crippen molar-refractivity contribution >= 4 is 16.5 Å². The molecule has 0 bridgehead atoms. The van der Waals surface area contributed by atoms with Gasteiger partial charge in [0.15, 0.2) is 5.82 Å². The van der Waals surface area contributed by atoms with Crippen LogP contribution in [0.2, 0.25) is 0 Å². The molecular formula is C13H15F3N6OS. The molecule has 4 rings (SSSR count). The molecule has 2 fully saturated rings. The number of anilines is 1. The molecule has 24 heavy (non-hydrogen) atoms. The maximum absolute atomic E-state index is 12.6. The van der Waals surface area contributed by atoms with Gasteiger partial charge in [-0.25, -0.2) is 0 Å². The first-order valence-electron chi connectivity index (χ1n) is 7.69. The van der Waals surface area contributed by atoms with Crippen molar-refractivity contribution < 1.29 is 17.7 Å². The molecule has 0 atom stereocenters. The van der Waals surface area contributed by atoms with Crippen molar-refractivity contribution in [3.05, 3.63) is 16.7 Å². The molecule has 11 heteroatoms. The van der Waals surface area contributed by atoms with Gasteiger partial charge in [-0.1, -0.05) is 16.5 Å². The molecule has 3 heterocycles. The second kappa shape index (κ2) is 5.96. The quantitative estimate of drug-likeness (QED) is 0.827. The number of halogens is 3. The lowest BCUT2D eigenvalue weighted by atomic mass is 10.3. The highest BCUT2D eigenvalue weighted by Gasteiger charge is 2.36. The highest BCUT2D eigenvalue weighted by Crippen LogP contribution is 2.39. The summed E-state index contributed by atoms with van der Waals surface area (Å²) in [5.74, 6) is 1.82. The van der Waals surface area contributed by atoms with E-state index in [1.165, 1.54) is 0 Å². The van der Waals surface area contributed by atoms with Crippen molar-refractivity contribution in [2.45, 2.75) is 31.5 Å². The number of hydrogen-bond donors (Lipinski definition) is 0. The second-order valence-corrected chi connectivity index (χ2v) is 6.93. The minimum atomic E-state index is -4.43. The van der Waals surface area contributed by atoms with Crippen LogP contribution in [0.15, 0.2) is 4.52 Å². The molecule has 1 saturated heterocycles. The third-order valence-electron chi connectivity index (χ3n) is 4.08. The lowest BCUT2D eigenvalue weighted by Crippen LogP contribution is -2.46. The molecule has 0 N–H and O–H groups in total. The van der Waals surface area contributed by atoms with Gasteiger partial charge in [-0.05, 0) is 12.8 Å². The van der Waals surface area contributed by atoms with Crippen LogP contribution in [0.5, 0.6) is 0 Å². The van der Waals surface area contributed by atoms with Gasteiger partial charge in [0.1, 0.15) is 0 Å². The molecule has 1 aliphatic carbocycles. The molecule has 130 valence electrons. The van der Waals surface area contributed by atoms with E-state index in [-0.39, 0.29) is 0 Å². The monoisotopic (exact) mass is 360 g/mol. The van der Waals surface area contributed by atoms with Gasteiger partial charge in [0.05, 0.1) is 6.54 Å². The van der Waals surface area contributed by atoms with Crippen LogP contribution in [-0.2, 0) is 12.7 Å². The average Bonchev–Trinajstić information content (AvgIpc) is 3.08. The summed E-state index contributed by atoms with van der Waals surface area (Å²) >= 11 is 0.586. The van der Waals surface area contributed by atoms with E-state index in [4.69, 9.17) is 4.52 Å². The van der Waals surface area contributed by atoms with Crippen LogP contribution in [0, 0.1) is 0 Å². The molecule has 0 radical (unpaired) electrons. The third kappa shape index (κ3) is 3.36. The Bertz CT molecular complexity index is 705. The molecular weight excluding hydrogens is 345 g/mol. The van der Waals surface area contributed by atoms with Gasteiger partial charge in [0.2, 0.25) is 16.0 Å². The average molecular weight is 360 g/mol. The number of aromatic nitrogens is 4. The zero-order valence-corrected chi connectivity index (χ0v) is 13.5. The van der Waals surface area contributed by atoms with E-state index in [0.29, 0.717) is 60.9 Å². The second-order valence-electron chi connectivity index (χ2n) is 5.97. The smallest absolute Gasteiger partial charge is 0.344 e. The van der Waals surface area contributed by atoms with Crippen molar-refractivity contribution in [2.75, 3.05) is 31.1 Å². The Morgan fingerprint density at radius 3 is 2.50 bits per heavy atom. The Kier molecular flexibility index (Phi) is 3.91. The molecule has 0 aromatic carbocycles. The lowest BCUT2D eigenvalue weighted by molar-refractivity contribution is -0.138. The molecule has 7 nitrogen and oxygen atoms in total. The SMILES string of the molecule is FC(F)(F)c1nnc(N2CCN(Cc3noc(C4CC4)n3)CC2)s1. The fourth-order valence-electron chi connectivity index (χ4n) is 2.58. The zero-order valence-electron chi connectivity index (χ0n) is 12.7. The Hall–Kier alpha value is -1.75. The Morgan fingerprint density at radius 2 is 1.88 bits per heavy atom. The molecule has 1 aliphatic heterocycles. The molecule has 1 saturated carbocycles. The van der Waals surface area contributed by atoms with Crippen molar-refractivity contribution in [3.8, 4) is 0 Å². The minimum Gasteiger partial charge on any atom is -0.344 e. The minimum absolute atomic E-state index is 0.317. The van der Waals surface area contributed by atoms with E-state index in [1.807, 2.05) is 4.90 Å². The van der Waals surface area contributed by atoms with Gasteiger partial charge >= 0.3 is 6.18 Å². The van der Waals surface area contributed by atoms with Crippen LogP contribution in [0.25, 0.3) is 0 Å². The van der Waals surface area contributed by atoms with Gasteiger partial charge in [0, 0.05) is 32.1 Å². The van der Waals surface area contributed by atoms with Crippen molar-refractivity contribution in [1.29, 1.82) is 0 Å². The maximum atomic E-state index is 12.6. The topological polar surface area (TPSA) is 71.2 Å². The van der Waals surface area contributed by atoms with E-state index in [1.54, 1.807) is 0 Å². The number of hydrogen-bond acceptors (Lipinski definition) is 8. The van der Waals surface area contributed by atoms with Crippen molar-refractivity contribution in [2.24, 2.45) is 0 Å². The highest BCUT2D eigenvalue weighted by atomic mass is 32.1. The molecule has 0 amide bonds. The predicted octanol–water partition coefficient (Wildman–Crippen LogP) is 2.14. The van der Waals surface area contributed by atoms with Gasteiger partial charge in [-0.15, -0.1) is 10.2 Å². The van der Waals surface area contributed by atoms with Crippen LogP contribution in [-0.4, -0.2) is 51.4 Å². The van der Waals surface area contributed by atoms with E-state index in [2.05, 4.69) is 25.2 Å². The van der Waals surface area contributed by atoms with E-state index in [0.717, 1.165) is 18.7 Å². The highest BCUT2D eigenvalue weighted by molar-refractivity contribution is 7.15. The van der Waals surface area contributed by atoms with Crippen LogP contribution in [0.4, 0.5) is 18.3 Å². The molecule has 0 unspecified atom stereocenters. The van der Waals surface area contributed by atoms with Gasteiger partial charge < -0.3 is 9.42 Å². The summed E-state index contributed by atoms with van der Waals surface area (Å²) in [6, 6.07) is 0. The Balaban J connectivity index is 1.32. The molecule has 2 aliphatic rings. The van der Waals surface area contributed by atoms with Crippen LogP contribution in [0.1, 0.15) is 35.5 Å². The van der Waals surface area contributed by atoms with Crippen LogP contribution < -0.4 is 4.90 Å². The molecule has 2 aromatic rings. The molecule has 0 spiro atoms. The summed E-state index contributed by atoms with van der Waals surface area (Å²) < 4.78 is 43.0. The number of rotatable bonds is 4. The Morgan fingerprint density at radius 1 is 1.12 bits per heavy atom. The third-order valence-corrected chi connectivity index (χ3v) is 5.10. The number of piperazine rings is 1. The summed E-state index contributed by atoms with van der Waals surface area (Å²) in [5, 5.41) is 10.3. The van der Waals surface area contributed by atoms with E-state index >= 15 is 0 Å². The maximum Gasteiger partial charge on any atom is 0.445 e. The first-order valence-corrected chi connectivity index (χ1v) is 8.51. The Labute approximate surface area is 139 Å². The standard InChI is InChI=1S/C13H15F3N6OS/c14-13(15,16)11-18-19-12(24-11)22-5-3-21(4-6-22)7-9-17-10(23-20-9)8-1-2-8/h8H,1-7H2. The molecule has 2 aromatic heterocycles. The fraction of sp³-hybridized carbons (Fsp3) is 0.692. The lowest BCUT2D eigenvalue weighted by Gasteiger charge is -2.33. The van der Waals surface area contributed by atoms with Crippen LogP contribution in [0.3, 0.4) is 0 Å². The zero-order chi connectivity index (χ0) is 16.7.